The van der Waals surface area contributed by atoms with Crippen LogP contribution in [0.5, 0.6) is 0 Å². The number of carbonyl (C=O) groups is 2. The van der Waals surface area contributed by atoms with Crippen molar-refractivity contribution in [2.45, 2.75) is 26.3 Å². The van der Waals surface area contributed by atoms with E-state index in [9.17, 15) is 9.59 Å². The maximum atomic E-state index is 12.1. The van der Waals surface area contributed by atoms with Gasteiger partial charge < -0.3 is 16.2 Å². The third-order valence-electron chi connectivity index (χ3n) is 2.86. The van der Waals surface area contributed by atoms with Gasteiger partial charge in [0.05, 0.1) is 22.2 Å². The van der Waals surface area contributed by atoms with Crippen LogP contribution >= 0.6 is 23.2 Å². The molecular weight excluding hydrogens is 303 g/mol. The van der Waals surface area contributed by atoms with Gasteiger partial charge in [0, 0.05) is 11.6 Å². The number of carboxylic acid groups (broad SMARTS) is 1. The highest BCUT2D eigenvalue weighted by Crippen LogP contribution is 2.28. The van der Waals surface area contributed by atoms with Crippen molar-refractivity contribution in [3.63, 3.8) is 0 Å². The SMILES string of the molecule is CC(C)C(CC(=O)O)NC(=O)c1cc(Cl)c(N)c(Cl)c1. The maximum Gasteiger partial charge on any atom is 0.305 e. The van der Waals surface area contributed by atoms with E-state index in [1.165, 1.54) is 12.1 Å². The quantitative estimate of drug-likeness (QED) is 0.728. The number of hydrogen-bond acceptors (Lipinski definition) is 3. The molecule has 1 amide bonds. The molecule has 110 valence electrons. The van der Waals surface area contributed by atoms with Gasteiger partial charge in [0.25, 0.3) is 5.91 Å². The van der Waals surface area contributed by atoms with E-state index in [1.807, 2.05) is 13.8 Å². The van der Waals surface area contributed by atoms with E-state index in [0.29, 0.717) is 0 Å². The Morgan fingerprint density at radius 1 is 1.30 bits per heavy atom. The number of halogens is 2. The Balaban J connectivity index is 2.92. The molecule has 1 aromatic carbocycles. The monoisotopic (exact) mass is 318 g/mol. The second kappa shape index (κ2) is 6.81. The first-order chi connectivity index (χ1) is 9.22. The molecule has 5 nitrogen and oxygen atoms in total. The first kappa shape index (κ1) is 16.6. The summed E-state index contributed by atoms with van der Waals surface area (Å²) in [6.07, 6.45) is -0.153. The van der Waals surface area contributed by atoms with Gasteiger partial charge in [-0.2, -0.15) is 0 Å². The minimum absolute atomic E-state index is 0.0187. The average Bonchev–Trinajstić information content (AvgIpc) is 2.33. The molecule has 20 heavy (non-hydrogen) atoms. The van der Waals surface area contributed by atoms with E-state index in [1.54, 1.807) is 0 Å². The van der Waals surface area contributed by atoms with Crippen molar-refractivity contribution in [2.24, 2.45) is 5.92 Å². The van der Waals surface area contributed by atoms with Crippen LogP contribution in [0.4, 0.5) is 5.69 Å². The van der Waals surface area contributed by atoms with Crippen LogP contribution in [-0.4, -0.2) is 23.0 Å². The predicted molar refractivity (Wildman–Crippen MR) is 79.2 cm³/mol. The van der Waals surface area contributed by atoms with Gasteiger partial charge in [-0.1, -0.05) is 37.0 Å². The molecule has 4 N–H and O–H groups in total. The Hall–Kier alpha value is -1.46. The van der Waals surface area contributed by atoms with Crippen LogP contribution in [0.2, 0.25) is 10.0 Å². The summed E-state index contributed by atoms with van der Waals surface area (Å²) in [6, 6.07) is 2.32. The first-order valence-corrected chi connectivity index (χ1v) is 6.75. The van der Waals surface area contributed by atoms with Gasteiger partial charge in [-0.25, -0.2) is 0 Å². The minimum atomic E-state index is -0.975. The molecule has 0 bridgehead atoms. The average molecular weight is 319 g/mol. The fourth-order valence-corrected chi connectivity index (χ4v) is 2.10. The number of aliphatic carboxylic acids is 1. The van der Waals surface area contributed by atoms with E-state index in [4.69, 9.17) is 34.0 Å². The Morgan fingerprint density at radius 3 is 2.20 bits per heavy atom. The van der Waals surface area contributed by atoms with Gasteiger partial charge in [0.2, 0.25) is 0 Å². The van der Waals surface area contributed by atoms with Gasteiger partial charge in [-0.15, -0.1) is 0 Å². The normalized spacial score (nSPS) is 12.2. The molecule has 0 spiro atoms. The summed E-state index contributed by atoms with van der Waals surface area (Å²) < 4.78 is 0. The number of benzene rings is 1. The van der Waals surface area contributed by atoms with Crippen molar-refractivity contribution in [3.05, 3.63) is 27.7 Å². The number of rotatable bonds is 5. The van der Waals surface area contributed by atoms with Crippen LogP contribution in [0.15, 0.2) is 12.1 Å². The second-order valence-electron chi connectivity index (χ2n) is 4.78. The summed E-state index contributed by atoms with van der Waals surface area (Å²) in [6.45, 7) is 3.66. The van der Waals surface area contributed by atoms with Gasteiger partial charge in [-0.3, -0.25) is 9.59 Å². The van der Waals surface area contributed by atoms with Gasteiger partial charge in [-0.05, 0) is 18.1 Å². The number of hydrogen-bond donors (Lipinski definition) is 3. The first-order valence-electron chi connectivity index (χ1n) is 5.99. The number of amides is 1. The van der Waals surface area contributed by atoms with Gasteiger partial charge in [0.1, 0.15) is 0 Å². The van der Waals surface area contributed by atoms with Crippen molar-refractivity contribution in [1.29, 1.82) is 0 Å². The van der Waals surface area contributed by atoms with Crippen molar-refractivity contribution in [3.8, 4) is 0 Å². The molecule has 1 atom stereocenters. The summed E-state index contributed by atoms with van der Waals surface area (Å²) in [5.41, 5.74) is 6.04. The zero-order valence-corrected chi connectivity index (χ0v) is 12.6. The lowest BCUT2D eigenvalue weighted by Gasteiger charge is -2.20. The number of nitrogen functional groups attached to an aromatic ring is 1. The second-order valence-corrected chi connectivity index (χ2v) is 5.59. The smallest absolute Gasteiger partial charge is 0.305 e. The third kappa shape index (κ3) is 4.28. The van der Waals surface area contributed by atoms with E-state index < -0.39 is 17.9 Å². The third-order valence-corrected chi connectivity index (χ3v) is 3.48. The predicted octanol–water partition coefficient (Wildman–Crippen LogP) is 2.80. The molecule has 0 saturated heterocycles. The highest BCUT2D eigenvalue weighted by atomic mass is 35.5. The molecule has 1 unspecified atom stereocenters. The molecule has 0 radical (unpaired) electrons. The Kier molecular flexibility index (Phi) is 5.65. The molecule has 0 aromatic heterocycles. The van der Waals surface area contributed by atoms with Gasteiger partial charge in [0.15, 0.2) is 0 Å². The summed E-state index contributed by atoms with van der Waals surface area (Å²) in [7, 11) is 0. The molecule has 1 aromatic rings. The molecule has 0 aliphatic carbocycles. The molecule has 7 heteroatoms. The van der Waals surface area contributed by atoms with Crippen LogP contribution in [0.25, 0.3) is 0 Å². The fourth-order valence-electron chi connectivity index (χ4n) is 1.61. The van der Waals surface area contributed by atoms with Crippen LogP contribution < -0.4 is 11.1 Å². The standard InChI is InChI=1S/C13H16Cl2N2O3/c1-6(2)10(5-11(18)19)17-13(20)7-3-8(14)12(16)9(15)4-7/h3-4,6,10H,5,16H2,1-2H3,(H,17,20)(H,18,19). The van der Waals surface area contributed by atoms with Crippen LogP contribution in [0, 0.1) is 5.92 Å². The Labute approximate surface area is 127 Å². The van der Waals surface area contributed by atoms with Crippen molar-refractivity contribution in [1.82, 2.24) is 5.32 Å². The summed E-state index contributed by atoms with van der Waals surface area (Å²) in [4.78, 5) is 22.9. The Morgan fingerprint density at radius 2 is 1.80 bits per heavy atom. The van der Waals surface area contributed by atoms with Crippen molar-refractivity contribution in [2.75, 3.05) is 5.73 Å². The lowest BCUT2D eigenvalue weighted by Crippen LogP contribution is -2.40. The number of nitrogens with one attached hydrogen (secondary N) is 1. The van der Waals surface area contributed by atoms with E-state index >= 15 is 0 Å². The molecule has 0 saturated carbocycles. The molecule has 0 heterocycles. The van der Waals surface area contributed by atoms with Crippen LogP contribution in [0.1, 0.15) is 30.6 Å². The fraction of sp³-hybridized carbons (Fsp3) is 0.385. The lowest BCUT2D eigenvalue weighted by atomic mass is 10.0. The topological polar surface area (TPSA) is 92.4 Å². The largest absolute Gasteiger partial charge is 0.481 e. The van der Waals surface area contributed by atoms with E-state index in [-0.39, 0.29) is 33.6 Å². The highest BCUT2D eigenvalue weighted by molar-refractivity contribution is 6.39. The Bertz CT molecular complexity index is 509. The van der Waals surface area contributed by atoms with Crippen molar-refractivity contribution >= 4 is 40.8 Å². The molecule has 1 rings (SSSR count). The molecule has 0 aliphatic heterocycles. The maximum absolute atomic E-state index is 12.1. The minimum Gasteiger partial charge on any atom is -0.481 e. The lowest BCUT2D eigenvalue weighted by molar-refractivity contribution is -0.137. The van der Waals surface area contributed by atoms with E-state index in [0.717, 1.165) is 0 Å². The number of carbonyl (C=O) groups excluding carboxylic acids is 1. The number of carboxylic acids is 1. The molecule has 0 aliphatic rings. The van der Waals surface area contributed by atoms with Crippen LogP contribution in [-0.2, 0) is 4.79 Å². The summed E-state index contributed by atoms with van der Waals surface area (Å²) >= 11 is 11.7. The number of nitrogens with two attached hydrogens (primary N) is 1. The van der Waals surface area contributed by atoms with Crippen molar-refractivity contribution < 1.29 is 14.7 Å². The zero-order valence-electron chi connectivity index (χ0n) is 11.1. The van der Waals surface area contributed by atoms with E-state index in [2.05, 4.69) is 5.32 Å². The summed E-state index contributed by atoms with van der Waals surface area (Å²) in [5, 5.41) is 11.9. The molecule has 0 fully saturated rings. The molecular formula is C13H16Cl2N2O3. The highest BCUT2D eigenvalue weighted by Gasteiger charge is 2.21. The van der Waals surface area contributed by atoms with Gasteiger partial charge >= 0.3 is 5.97 Å². The summed E-state index contributed by atoms with van der Waals surface area (Å²) in [5.74, 6) is -1.43. The zero-order chi connectivity index (χ0) is 15.4. The number of anilines is 1. The van der Waals surface area contributed by atoms with Crippen LogP contribution in [0.3, 0.4) is 0 Å².